The van der Waals surface area contributed by atoms with Crippen molar-refractivity contribution in [2.24, 2.45) is 0 Å². The first-order chi connectivity index (χ1) is 12.2. The summed E-state index contributed by atoms with van der Waals surface area (Å²) >= 11 is 0. The number of allylic oxidation sites excluding steroid dienone is 1. The van der Waals surface area contributed by atoms with E-state index in [4.69, 9.17) is 0 Å². The molecule has 26 heavy (non-hydrogen) atoms. The summed E-state index contributed by atoms with van der Waals surface area (Å²) in [5, 5.41) is 0. The summed E-state index contributed by atoms with van der Waals surface area (Å²) in [4.78, 5) is 12.3. The van der Waals surface area contributed by atoms with E-state index in [1.807, 2.05) is 0 Å². The summed E-state index contributed by atoms with van der Waals surface area (Å²) in [6.07, 6.45) is 2.78. The lowest BCUT2D eigenvalue weighted by molar-refractivity contribution is -0.0498. The quantitative estimate of drug-likeness (QED) is 0.544. The van der Waals surface area contributed by atoms with E-state index in [2.05, 4.69) is 4.74 Å². The molecular formula is C18H17F2NO4S. The van der Waals surface area contributed by atoms with Gasteiger partial charge in [-0.25, -0.2) is 12.7 Å². The van der Waals surface area contributed by atoms with Gasteiger partial charge in [0.25, 0.3) is 0 Å². The standard InChI is InChI=1S/C18H17F2NO4S/c1-21(2)26(23,24)16-5-3-4-14(12-16)17(22)11-8-13-6-9-15(10-7-13)25-18(19)20/h3-12,18H,1-2H3/b11-8+. The second kappa shape index (κ2) is 8.20. The number of carbonyl (C=O) groups is 1. The topological polar surface area (TPSA) is 63.7 Å². The van der Waals surface area contributed by atoms with Gasteiger partial charge in [-0.1, -0.05) is 30.3 Å². The van der Waals surface area contributed by atoms with Crippen LogP contribution in [0.5, 0.6) is 5.75 Å². The van der Waals surface area contributed by atoms with E-state index in [1.54, 1.807) is 0 Å². The molecule has 0 aliphatic rings. The zero-order valence-corrected chi connectivity index (χ0v) is 14.9. The van der Waals surface area contributed by atoms with E-state index in [0.717, 1.165) is 4.31 Å². The predicted molar refractivity (Wildman–Crippen MR) is 93.8 cm³/mol. The van der Waals surface area contributed by atoms with Crippen molar-refractivity contribution in [2.75, 3.05) is 14.1 Å². The Labute approximate surface area is 150 Å². The Hall–Kier alpha value is -2.58. The molecule has 0 bridgehead atoms. The van der Waals surface area contributed by atoms with Gasteiger partial charge in [0.05, 0.1) is 4.90 Å². The molecule has 0 aliphatic carbocycles. The van der Waals surface area contributed by atoms with Crippen molar-refractivity contribution in [1.29, 1.82) is 0 Å². The van der Waals surface area contributed by atoms with Gasteiger partial charge in [0.15, 0.2) is 5.78 Å². The molecule has 5 nitrogen and oxygen atoms in total. The number of carbonyl (C=O) groups excluding carboxylic acids is 1. The van der Waals surface area contributed by atoms with Crippen LogP contribution in [0.4, 0.5) is 8.78 Å². The minimum atomic E-state index is -3.63. The number of hydrogen-bond acceptors (Lipinski definition) is 4. The van der Waals surface area contributed by atoms with Gasteiger partial charge in [0, 0.05) is 19.7 Å². The van der Waals surface area contributed by atoms with Crippen LogP contribution in [-0.4, -0.2) is 39.2 Å². The van der Waals surface area contributed by atoms with Crippen LogP contribution in [0.1, 0.15) is 15.9 Å². The van der Waals surface area contributed by atoms with Crippen LogP contribution in [0.2, 0.25) is 0 Å². The Kier molecular flexibility index (Phi) is 6.23. The Bertz CT molecular complexity index is 907. The number of hydrogen-bond donors (Lipinski definition) is 0. The predicted octanol–water partition coefficient (Wildman–Crippen LogP) is 3.43. The number of ether oxygens (including phenoxy) is 1. The van der Waals surface area contributed by atoms with Gasteiger partial charge in [0.1, 0.15) is 5.75 Å². The molecule has 138 valence electrons. The average molecular weight is 381 g/mol. The van der Waals surface area contributed by atoms with Crippen LogP contribution in [-0.2, 0) is 10.0 Å². The highest BCUT2D eigenvalue weighted by Crippen LogP contribution is 2.17. The number of rotatable bonds is 7. The number of benzene rings is 2. The zero-order valence-electron chi connectivity index (χ0n) is 14.1. The Morgan fingerprint density at radius 1 is 1.12 bits per heavy atom. The first-order valence-corrected chi connectivity index (χ1v) is 8.94. The average Bonchev–Trinajstić information content (AvgIpc) is 2.60. The van der Waals surface area contributed by atoms with E-state index in [-0.39, 0.29) is 22.0 Å². The van der Waals surface area contributed by atoms with Gasteiger partial charge in [0.2, 0.25) is 10.0 Å². The fraction of sp³-hybridized carbons (Fsp3) is 0.167. The molecule has 0 aliphatic heterocycles. The highest BCUT2D eigenvalue weighted by molar-refractivity contribution is 7.89. The van der Waals surface area contributed by atoms with E-state index in [9.17, 15) is 22.0 Å². The molecule has 2 aromatic carbocycles. The maximum absolute atomic E-state index is 12.3. The molecule has 0 aromatic heterocycles. The number of halogens is 2. The molecule has 0 N–H and O–H groups in total. The molecule has 2 rings (SSSR count). The van der Waals surface area contributed by atoms with E-state index in [1.165, 1.54) is 74.8 Å². The summed E-state index contributed by atoms with van der Waals surface area (Å²) in [6, 6.07) is 11.5. The molecule has 0 saturated heterocycles. The lowest BCUT2D eigenvalue weighted by atomic mass is 10.1. The van der Waals surface area contributed by atoms with E-state index < -0.39 is 16.6 Å². The maximum Gasteiger partial charge on any atom is 0.387 e. The molecule has 0 atom stereocenters. The summed E-state index contributed by atoms with van der Waals surface area (Å²) < 4.78 is 53.8. The third kappa shape index (κ3) is 4.96. The van der Waals surface area contributed by atoms with Crippen LogP contribution in [0.15, 0.2) is 59.5 Å². The third-order valence-corrected chi connectivity index (χ3v) is 5.24. The first-order valence-electron chi connectivity index (χ1n) is 7.50. The van der Waals surface area contributed by atoms with E-state index >= 15 is 0 Å². The zero-order chi connectivity index (χ0) is 19.3. The Morgan fingerprint density at radius 3 is 2.35 bits per heavy atom. The van der Waals surface area contributed by atoms with Crippen LogP contribution >= 0.6 is 0 Å². The molecule has 0 amide bonds. The number of ketones is 1. The van der Waals surface area contributed by atoms with Crippen molar-refractivity contribution in [3.05, 3.63) is 65.7 Å². The summed E-state index contributed by atoms with van der Waals surface area (Å²) in [7, 11) is -0.817. The highest BCUT2D eigenvalue weighted by Gasteiger charge is 2.18. The number of sulfonamides is 1. The van der Waals surface area contributed by atoms with Gasteiger partial charge >= 0.3 is 6.61 Å². The second-order valence-electron chi connectivity index (χ2n) is 5.46. The lowest BCUT2D eigenvalue weighted by Crippen LogP contribution is -2.22. The maximum atomic E-state index is 12.3. The smallest absolute Gasteiger partial charge is 0.387 e. The van der Waals surface area contributed by atoms with Crippen molar-refractivity contribution in [2.45, 2.75) is 11.5 Å². The van der Waals surface area contributed by atoms with Crippen molar-refractivity contribution in [1.82, 2.24) is 4.31 Å². The highest BCUT2D eigenvalue weighted by atomic mass is 32.2. The monoisotopic (exact) mass is 381 g/mol. The van der Waals surface area contributed by atoms with Crippen molar-refractivity contribution in [3.8, 4) is 5.75 Å². The number of alkyl halides is 2. The summed E-state index contributed by atoms with van der Waals surface area (Å²) in [5.41, 5.74) is 0.832. The van der Waals surface area contributed by atoms with Crippen LogP contribution in [0, 0.1) is 0 Å². The first kappa shape index (κ1) is 19.7. The van der Waals surface area contributed by atoms with Crippen molar-refractivity contribution < 1.29 is 26.7 Å². The third-order valence-electron chi connectivity index (χ3n) is 3.43. The summed E-state index contributed by atoms with van der Waals surface area (Å²) in [6.45, 7) is -2.90. The van der Waals surface area contributed by atoms with Crippen LogP contribution in [0.25, 0.3) is 6.08 Å². The van der Waals surface area contributed by atoms with E-state index in [0.29, 0.717) is 5.56 Å². The molecule has 8 heteroatoms. The normalized spacial score (nSPS) is 12.1. The fourth-order valence-corrected chi connectivity index (χ4v) is 3.00. The summed E-state index contributed by atoms with van der Waals surface area (Å²) in [5.74, 6) is -0.362. The van der Waals surface area contributed by atoms with Gasteiger partial charge < -0.3 is 4.74 Å². The van der Waals surface area contributed by atoms with Gasteiger partial charge in [-0.3, -0.25) is 4.79 Å². The SMILES string of the molecule is CN(C)S(=O)(=O)c1cccc(C(=O)/C=C/c2ccc(OC(F)F)cc2)c1. The lowest BCUT2D eigenvalue weighted by Gasteiger charge is -2.11. The van der Waals surface area contributed by atoms with Crippen molar-refractivity contribution in [3.63, 3.8) is 0 Å². The molecule has 2 aromatic rings. The van der Waals surface area contributed by atoms with Crippen LogP contribution in [0.3, 0.4) is 0 Å². The Balaban J connectivity index is 2.16. The number of nitrogens with zero attached hydrogens (tertiary/aromatic N) is 1. The molecule has 0 fully saturated rings. The van der Waals surface area contributed by atoms with Crippen molar-refractivity contribution >= 4 is 21.9 Å². The van der Waals surface area contributed by atoms with Crippen LogP contribution < -0.4 is 4.74 Å². The van der Waals surface area contributed by atoms with Gasteiger partial charge in [-0.15, -0.1) is 0 Å². The largest absolute Gasteiger partial charge is 0.435 e. The minimum absolute atomic E-state index is 0.0186. The Morgan fingerprint density at radius 2 is 1.77 bits per heavy atom. The second-order valence-corrected chi connectivity index (χ2v) is 7.61. The minimum Gasteiger partial charge on any atom is -0.435 e. The molecule has 0 unspecified atom stereocenters. The fourth-order valence-electron chi connectivity index (χ4n) is 2.05. The molecule has 0 heterocycles. The molecule has 0 spiro atoms. The van der Waals surface area contributed by atoms with Gasteiger partial charge in [-0.05, 0) is 35.9 Å². The molecular weight excluding hydrogens is 364 g/mol. The molecule has 0 radical (unpaired) electrons. The van der Waals surface area contributed by atoms with Gasteiger partial charge in [-0.2, -0.15) is 8.78 Å². The molecule has 0 saturated carbocycles.